The minimum atomic E-state index is -0.283. The van der Waals surface area contributed by atoms with Crippen LogP contribution in [0.25, 0.3) is 0 Å². The molecule has 0 aliphatic carbocycles. The molecule has 0 bridgehead atoms. The predicted octanol–water partition coefficient (Wildman–Crippen LogP) is 3.25. The van der Waals surface area contributed by atoms with Crippen LogP contribution >= 0.6 is 36.4 Å². The molecule has 0 amide bonds. The zero-order chi connectivity index (χ0) is 11.5. The average molecular weight is 316 g/mol. The lowest BCUT2D eigenvalue weighted by atomic mass is 10.1. The Kier molecular flexibility index (Phi) is 8.15. The molecule has 0 unspecified atom stereocenters. The average Bonchev–Trinajstić information content (AvgIpc) is 2.25. The number of likely N-dealkylation sites (tertiary alicyclic amines) is 1. The second-order valence-electron chi connectivity index (χ2n) is 4.35. The molecule has 2 rings (SSSR count). The quantitative estimate of drug-likeness (QED) is 0.908. The van der Waals surface area contributed by atoms with Gasteiger partial charge in [-0.1, -0.05) is 17.7 Å². The molecule has 18 heavy (non-hydrogen) atoms. The van der Waals surface area contributed by atoms with E-state index in [-0.39, 0.29) is 30.6 Å². The summed E-state index contributed by atoms with van der Waals surface area (Å²) < 4.78 is 12.9. The number of nitrogens with two attached hydrogens (primary N) is 1. The molecule has 0 atom stereocenters. The van der Waals surface area contributed by atoms with Crippen LogP contribution in [0.15, 0.2) is 18.2 Å². The smallest absolute Gasteiger partial charge is 0.124 e. The molecule has 1 fully saturated rings. The van der Waals surface area contributed by atoms with Gasteiger partial charge in [-0.2, -0.15) is 0 Å². The molecule has 1 aliphatic rings. The molecular formula is C12H18Cl3FN2. The van der Waals surface area contributed by atoms with Crippen molar-refractivity contribution in [3.05, 3.63) is 34.6 Å². The fourth-order valence-electron chi connectivity index (χ4n) is 2.00. The van der Waals surface area contributed by atoms with Crippen molar-refractivity contribution in [2.45, 2.75) is 25.4 Å². The first-order valence-electron chi connectivity index (χ1n) is 5.57. The minimum Gasteiger partial charge on any atom is -0.328 e. The fraction of sp³-hybridized carbons (Fsp3) is 0.500. The summed E-state index contributed by atoms with van der Waals surface area (Å²) in [6.45, 7) is 2.77. The fourth-order valence-corrected chi connectivity index (χ4v) is 2.23. The number of nitrogens with zero attached hydrogens (tertiary/aromatic N) is 1. The highest BCUT2D eigenvalue weighted by Crippen LogP contribution is 2.20. The highest BCUT2D eigenvalue weighted by molar-refractivity contribution is 6.31. The lowest BCUT2D eigenvalue weighted by Crippen LogP contribution is -2.39. The second-order valence-corrected chi connectivity index (χ2v) is 4.76. The van der Waals surface area contributed by atoms with Crippen molar-refractivity contribution in [2.24, 2.45) is 5.73 Å². The van der Waals surface area contributed by atoms with E-state index in [0.29, 0.717) is 11.1 Å². The number of benzene rings is 1. The van der Waals surface area contributed by atoms with Gasteiger partial charge in [0.1, 0.15) is 5.82 Å². The van der Waals surface area contributed by atoms with Crippen LogP contribution in [0.2, 0.25) is 5.02 Å². The van der Waals surface area contributed by atoms with Crippen LogP contribution < -0.4 is 5.73 Å². The Balaban J connectivity index is 0.00000144. The number of rotatable bonds is 2. The van der Waals surface area contributed by atoms with Crippen LogP contribution in [0.1, 0.15) is 18.4 Å². The molecule has 0 saturated carbocycles. The van der Waals surface area contributed by atoms with Crippen molar-refractivity contribution in [1.29, 1.82) is 0 Å². The van der Waals surface area contributed by atoms with Crippen molar-refractivity contribution in [3.63, 3.8) is 0 Å². The van der Waals surface area contributed by atoms with Gasteiger partial charge in [-0.25, -0.2) is 4.39 Å². The predicted molar refractivity (Wildman–Crippen MR) is 78.4 cm³/mol. The van der Waals surface area contributed by atoms with Gasteiger partial charge < -0.3 is 5.73 Å². The Hall–Kier alpha value is -0.0600. The molecule has 1 aromatic carbocycles. The molecule has 0 radical (unpaired) electrons. The van der Waals surface area contributed by atoms with Gasteiger partial charge in [-0.15, -0.1) is 24.8 Å². The molecular weight excluding hydrogens is 298 g/mol. The zero-order valence-electron chi connectivity index (χ0n) is 9.94. The lowest BCUT2D eigenvalue weighted by molar-refractivity contribution is 0.205. The maximum absolute atomic E-state index is 12.9. The Morgan fingerprint density at radius 1 is 1.28 bits per heavy atom. The number of hydrogen-bond acceptors (Lipinski definition) is 2. The highest BCUT2D eigenvalue weighted by Gasteiger charge is 2.16. The summed E-state index contributed by atoms with van der Waals surface area (Å²) in [5.74, 6) is -0.283. The highest BCUT2D eigenvalue weighted by atomic mass is 35.5. The number of halogens is 4. The topological polar surface area (TPSA) is 29.3 Å². The van der Waals surface area contributed by atoms with Crippen LogP contribution in [0.3, 0.4) is 0 Å². The molecule has 104 valence electrons. The first-order valence-corrected chi connectivity index (χ1v) is 5.95. The third-order valence-corrected chi connectivity index (χ3v) is 3.39. The number of piperidine rings is 1. The first kappa shape index (κ1) is 17.9. The van der Waals surface area contributed by atoms with Crippen LogP contribution in [-0.2, 0) is 6.54 Å². The van der Waals surface area contributed by atoms with Crippen LogP contribution in [0.5, 0.6) is 0 Å². The van der Waals surface area contributed by atoms with Gasteiger partial charge >= 0.3 is 0 Å². The van der Waals surface area contributed by atoms with Gasteiger partial charge in [-0.3, -0.25) is 4.90 Å². The van der Waals surface area contributed by atoms with E-state index in [4.69, 9.17) is 17.3 Å². The Labute approximate surface area is 124 Å². The standard InChI is InChI=1S/C12H16ClFN2.2ClH/c13-12-7-10(14)2-1-9(12)8-16-5-3-11(15)4-6-16;;/h1-2,7,11H,3-6,8,15H2;2*1H. The lowest BCUT2D eigenvalue weighted by Gasteiger charge is -2.30. The van der Waals surface area contributed by atoms with Crippen LogP contribution in [0.4, 0.5) is 4.39 Å². The molecule has 0 aromatic heterocycles. The Bertz CT molecular complexity index is 368. The number of hydrogen-bond donors (Lipinski definition) is 1. The van der Waals surface area contributed by atoms with Gasteiger partial charge in [0, 0.05) is 17.6 Å². The summed E-state index contributed by atoms with van der Waals surface area (Å²) in [5.41, 5.74) is 6.82. The van der Waals surface area contributed by atoms with E-state index in [2.05, 4.69) is 4.90 Å². The zero-order valence-corrected chi connectivity index (χ0v) is 12.3. The molecule has 1 aromatic rings. The second kappa shape index (κ2) is 8.18. The van der Waals surface area contributed by atoms with Crippen molar-refractivity contribution < 1.29 is 4.39 Å². The van der Waals surface area contributed by atoms with Gasteiger partial charge in [0.25, 0.3) is 0 Å². The monoisotopic (exact) mass is 314 g/mol. The van der Waals surface area contributed by atoms with Crippen LogP contribution in [-0.4, -0.2) is 24.0 Å². The summed E-state index contributed by atoms with van der Waals surface area (Å²) in [7, 11) is 0. The van der Waals surface area contributed by atoms with E-state index in [1.807, 2.05) is 0 Å². The maximum Gasteiger partial charge on any atom is 0.124 e. The summed E-state index contributed by atoms with van der Waals surface area (Å²) in [4.78, 5) is 2.31. The molecule has 2 N–H and O–H groups in total. The van der Waals surface area contributed by atoms with E-state index in [0.717, 1.165) is 38.0 Å². The third kappa shape index (κ3) is 4.90. The Morgan fingerprint density at radius 2 is 1.89 bits per heavy atom. The van der Waals surface area contributed by atoms with Crippen LogP contribution in [0, 0.1) is 5.82 Å². The minimum absolute atomic E-state index is 0. The molecule has 6 heteroatoms. The van der Waals surface area contributed by atoms with E-state index in [9.17, 15) is 4.39 Å². The normalized spacial score (nSPS) is 16.8. The molecule has 1 saturated heterocycles. The summed E-state index contributed by atoms with van der Waals surface area (Å²) in [6, 6.07) is 4.91. The molecule has 0 spiro atoms. The van der Waals surface area contributed by atoms with Crippen molar-refractivity contribution in [3.8, 4) is 0 Å². The summed E-state index contributed by atoms with van der Waals surface area (Å²) in [5, 5.41) is 0.509. The van der Waals surface area contributed by atoms with E-state index in [1.165, 1.54) is 12.1 Å². The summed E-state index contributed by atoms with van der Waals surface area (Å²) >= 11 is 5.99. The van der Waals surface area contributed by atoms with Crippen molar-refractivity contribution >= 4 is 36.4 Å². The third-order valence-electron chi connectivity index (χ3n) is 3.04. The SMILES string of the molecule is Cl.Cl.NC1CCN(Cc2ccc(F)cc2Cl)CC1. The van der Waals surface area contributed by atoms with Gasteiger partial charge in [0.15, 0.2) is 0 Å². The van der Waals surface area contributed by atoms with Crippen molar-refractivity contribution in [1.82, 2.24) is 4.90 Å². The van der Waals surface area contributed by atoms with Gasteiger partial charge in [-0.05, 0) is 43.6 Å². The Morgan fingerprint density at radius 3 is 2.44 bits per heavy atom. The van der Waals surface area contributed by atoms with E-state index >= 15 is 0 Å². The van der Waals surface area contributed by atoms with Gasteiger partial charge in [0.05, 0.1) is 0 Å². The van der Waals surface area contributed by atoms with Crippen molar-refractivity contribution in [2.75, 3.05) is 13.1 Å². The first-order chi connectivity index (χ1) is 7.65. The van der Waals surface area contributed by atoms with E-state index < -0.39 is 0 Å². The summed E-state index contributed by atoms with van der Waals surface area (Å²) in [6.07, 6.45) is 2.05. The van der Waals surface area contributed by atoms with E-state index in [1.54, 1.807) is 6.07 Å². The largest absolute Gasteiger partial charge is 0.328 e. The molecule has 2 nitrogen and oxygen atoms in total. The molecule has 1 heterocycles. The maximum atomic E-state index is 12.9. The molecule has 1 aliphatic heterocycles. The van der Waals surface area contributed by atoms with Gasteiger partial charge in [0.2, 0.25) is 0 Å².